The molecular weight excluding hydrogens is 599 g/mol. The Labute approximate surface area is 255 Å². The molecule has 1 heterocycles. The molecule has 2 N–H and O–H groups in total. The quantitative estimate of drug-likeness (QED) is 0.274. The van der Waals surface area contributed by atoms with Gasteiger partial charge in [-0.3, -0.25) is 9.59 Å². The molecule has 2 fully saturated rings. The van der Waals surface area contributed by atoms with E-state index >= 15 is 0 Å². The topological polar surface area (TPSA) is 113 Å². The molecule has 0 aromatic heterocycles. The van der Waals surface area contributed by atoms with E-state index in [4.69, 9.17) is 27.9 Å². The van der Waals surface area contributed by atoms with Gasteiger partial charge in [0.05, 0.1) is 12.5 Å². The monoisotopic (exact) mass is 630 g/mol. The number of amides is 1. The average molecular weight is 632 g/mol. The highest BCUT2D eigenvalue weighted by atomic mass is 35.5. The van der Waals surface area contributed by atoms with Crippen LogP contribution >= 0.6 is 23.2 Å². The van der Waals surface area contributed by atoms with Gasteiger partial charge in [-0.05, 0) is 60.2 Å². The minimum atomic E-state index is -3.80. The molecule has 8 nitrogen and oxygen atoms in total. The van der Waals surface area contributed by atoms with Crippen molar-refractivity contribution in [2.24, 2.45) is 0 Å². The van der Waals surface area contributed by atoms with E-state index in [0.717, 1.165) is 5.56 Å². The summed E-state index contributed by atoms with van der Waals surface area (Å²) >= 11 is 12.5. The number of nitrogens with one attached hydrogen (secondary N) is 1. The molecule has 11 heteroatoms. The second-order valence-electron chi connectivity index (χ2n) is 10.7. The maximum Gasteiger partial charge on any atom is 0.306 e. The maximum absolute atomic E-state index is 14.0. The summed E-state index contributed by atoms with van der Waals surface area (Å²) in [7, 11) is -3.80. The number of nitrogens with zero attached hydrogens (tertiary/aromatic N) is 1. The summed E-state index contributed by atoms with van der Waals surface area (Å²) in [5.74, 6) is -1.71. The van der Waals surface area contributed by atoms with Gasteiger partial charge >= 0.3 is 5.97 Å². The summed E-state index contributed by atoms with van der Waals surface area (Å²) in [5, 5.41) is 10.6. The molecule has 3 aromatic carbocycles. The smallest absolute Gasteiger partial charge is 0.306 e. The Morgan fingerprint density at radius 1 is 1.02 bits per heavy atom. The van der Waals surface area contributed by atoms with Crippen LogP contribution in [0.5, 0.6) is 0 Å². The summed E-state index contributed by atoms with van der Waals surface area (Å²) in [6.45, 7) is 1.82. The minimum Gasteiger partial charge on any atom is -0.481 e. The van der Waals surface area contributed by atoms with E-state index in [1.165, 1.54) is 0 Å². The first-order chi connectivity index (χ1) is 20.1. The Hall–Kier alpha value is -2.95. The van der Waals surface area contributed by atoms with Crippen LogP contribution < -0.4 is 4.72 Å². The average Bonchev–Trinajstić information content (AvgIpc) is 3.79. The predicted molar refractivity (Wildman–Crippen MR) is 161 cm³/mol. The predicted octanol–water partition coefficient (Wildman–Crippen LogP) is 5.87. The number of morpholine rings is 1. The van der Waals surface area contributed by atoms with Crippen LogP contribution in [0, 0.1) is 0 Å². The molecule has 0 bridgehead atoms. The molecule has 2 aliphatic rings. The maximum atomic E-state index is 14.0. The number of ether oxygens (including phenoxy) is 1. The van der Waals surface area contributed by atoms with Gasteiger partial charge in [-0.1, -0.05) is 84.7 Å². The Bertz CT molecular complexity index is 1550. The number of benzene rings is 3. The number of carbonyl (C=O) groups is 2. The van der Waals surface area contributed by atoms with E-state index in [-0.39, 0.29) is 6.54 Å². The van der Waals surface area contributed by atoms with Crippen molar-refractivity contribution in [3.8, 4) is 0 Å². The van der Waals surface area contributed by atoms with Gasteiger partial charge in [0.15, 0.2) is 0 Å². The zero-order valence-corrected chi connectivity index (χ0v) is 25.3. The van der Waals surface area contributed by atoms with Crippen molar-refractivity contribution in [1.29, 1.82) is 0 Å². The van der Waals surface area contributed by atoms with Crippen LogP contribution in [0.4, 0.5) is 0 Å². The number of aliphatic carboxylic acids is 1. The van der Waals surface area contributed by atoms with Crippen LogP contribution in [-0.2, 0) is 29.1 Å². The van der Waals surface area contributed by atoms with Crippen molar-refractivity contribution in [3.05, 3.63) is 106 Å². The van der Waals surface area contributed by atoms with Gasteiger partial charge < -0.3 is 14.7 Å². The number of carboxylic acid groups (broad SMARTS) is 1. The lowest BCUT2D eigenvalue weighted by Crippen LogP contribution is -2.57. The molecule has 0 spiro atoms. The van der Waals surface area contributed by atoms with Crippen molar-refractivity contribution in [2.45, 2.75) is 61.6 Å². The first-order valence-corrected chi connectivity index (χ1v) is 16.1. The standard InChI is InChI=1S/C31H32Cl2N2O6S/c1-2-25(19-34-42(39,40)31(15-16-31)22-8-4-3-5-9-22)35-28(20-11-13-23(32)14-12-20)29(21-7-6-10-24(33)17-21)41-26(30(35)38)18-27(36)37/h3-14,17,25-26,28-29,34H,2,15-16,18-19H2,1H3,(H,36,37)/t25-,26+,28+,29+/m0/s1. The highest BCUT2D eigenvalue weighted by molar-refractivity contribution is 7.90. The van der Waals surface area contributed by atoms with Crippen LogP contribution in [0.2, 0.25) is 10.0 Å². The molecule has 0 radical (unpaired) electrons. The second-order valence-corrected chi connectivity index (χ2v) is 13.7. The third-order valence-corrected chi connectivity index (χ3v) is 10.8. The largest absolute Gasteiger partial charge is 0.481 e. The second kappa shape index (κ2) is 12.3. The molecule has 1 aliphatic heterocycles. The summed E-state index contributed by atoms with van der Waals surface area (Å²) < 4.78 is 35.4. The van der Waals surface area contributed by atoms with Gasteiger partial charge in [-0.15, -0.1) is 0 Å². The Morgan fingerprint density at radius 2 is 1.71 bits per heavy atom. The molecule has 1 aliphatic carbocycles. The molecular formula is C31H32Cl2N2O6S. The number of carboxylic acids is 1. The van der Waals surface area contributed by atoms with Crippen molar-refractivity contribution < 1.29 is 27.9 Å². The number of rotatable bonds is 11. The molecule has 1 saturated carbocycles. The summed E-state index contributed by atoms with van der Waals surface area (Å²) in [6.07, 6.45) is -1.19. The van der Waals surface area contributed by atoms with Crippen molar-refractivity contribution in [1.82, 2.24) is 9.62 Å². The van der Waals surface area contributed by atoms with E-state index in [2.05, 4.69) is 4.72 Å². The molecule has 42 heavy (non-hydrogen) atoms. The van der Waals surface area contributed by atoms with E-state index in [0.29, 0.717) is 40.4 Å². The molecule has 5 rings (SSSR count). The molecule has 0 unspecified atom stereocenters. The molecule has 3 aromatic rings. The van der Waals surface area contributed by atoms with Gasteiger partial charge in [0.1, 0.15) is 17.0 Å². The zero-order valence-electron chi connectivity index (χ0n) is 23.0. The number of carbonyl (C=O) groups excluding carboxylic acids is 1. The van der Waals surface area contributed by atoms with Gasteiger partial charge in [-0.2, -0.15) is 0 Å². The van der Waals surface area contributed by atoms with E-state index < -0.39 is 57.4 Å². The minimum absolute atomic E-state index is 0.0503. The number of sulfonamides is 1. The van der Waals surface area contributed by atoms with Crippen molar-refractivity contribution >= 4 is 45.1 Å². The van der Waals surface area contributed by atoms with Crippen LogP contribution in [-0.4, -0.2) is 49.0 Å². The SMILES string of the molecule is CC[C@@H](CNS(=O)(=O)C1(c2ccccc2)CC1)N1C(=O)[C@@H](CC(=O)O)O[C@H](c2cccc(Cl)c2)[C@H]1c1ccc(Cl)cc1. The van der Waals surface area contributed by atoms with Crippen LogP contribution in [0.25, 0.3) is 0 Å². The van der Waals surface area contributed by atoms with E-state index in [1.54, 1.807) is 47.4 Å². The third kappa shape index (κ3) is 6.07. The normalized spacial score (nSPS) is 22.5. The van der Waals surface area contributed by atoms with Crippen molar-refractivity contribution in [2.75, 3.05) is 6.54 Å². The summed E-state index contributed by atoms with van der Waals surface area (Å²) in [4.78, 5) is 27.4. The number of halogens is 2. The summed E-state index contributed by atoms with van der Waals surface area (Å²) in [6, 6.07) is 21.8. The summed E-state index contributed by atoms with van der Waals surface area (Å²) in [5.41, 5.74) is 2.09. The van der Waals surface area contributed by atoms with E-state index in [1.807, 2.05) is 43.3 Å². The van der Waals surface area contributed by atoms with Crippen LogP contribution in [0.3, 0.4) is 0 Å². The molecule has 4 atom stereocenters. The fourth-order valence-corrected chi connectivity index (χ4v) is 7.85. The molecule has 222 valence electrons. The van der Waals surface area contributed by atoms with Gasteiger partial charge in [0.25, 0.3) is 5.91 Å². The van der Waals surface area contributed by atoms with Gasteiger partial charge in [-0.25, -0.2) is 13.1 Å². The van der Waals surface area contributed by atoms with Crippen LogP contribution in [0.15, 0.2) is 78.9 Å². The highest BCUT2D eigenvalue weighted by Gasteiger charge is 2.56. The van der Waals surface area contributed by atoms with Crippen LogP contribution in [0.1, 0.15) is 61.4 Å². The first kappa shape index (κ1) is 30.5. The van der Waals surface area contributed by atoms with E-state index in [9.17, 15) is 23.1 Å². The molecule has 1 saturated heterocycles. The lowest BCUT2D eigenvalue weighted by molar-refractivity contribution is -0.183. The Balaban J connectivity index is 1.53. The van der Waals surface area contributed by atoms with Gasteiger partial charge in [0, 0.05) is 22.6 Å². The Morgan fingerprint density at radius 3 is 2.31 bits per heavy atom. The number of hydrogen-bond acceptors (Lipinski definition) is 5. The first-order valence-electron chi connectivity index (χ1n) is 13.8. The lowest BCUT2D eigenvalue weighted by Gasteiger charge is -2.48. The highest BCUT2D eigenvalue weighted by Crippen LogP contribution is 2.52. The fourth-order valence-electron chi connectivity index (χ4n) is 5.75. The van der Waals surface area contributed by atoms with Gasteiger partial charge in [0.2, 0.25) is 10.0 Å². The third-order valence-electron chi connectivity index (χ3n) is 8.07. The number of hydrogen-bond donors (Lipinski definition) is 2. The zero-order chi connectivity index (χ0) is 30.1. The molecule has 1 amide bonds. The lowest BCUT2D eigenvalue weighted by atomic mass is 9.89. The fraction of sp³-hybridized carbons (Fsp3) is 0.355. The van der Waals surface area contributed by atoms with Crippen molar-refractivity contribution in [3.63, 3.8) is 0 Å². The Kier molecular flexibility index (Phi) is 8.97.